The van der Waals surface area contributed by atoms with Crippen molar-refractivity contribution in [2.45, 2.75) is 23.7 Å². The third-order valence-corrected chi connectivity index (χ3v) is 2.92. The largest absolute Gasteiger partial charge is 0.316 e. The maximum atomic E-state index is 4.35. The first-order valence-corrected chi connectivity index (χ1v) is 5.30. The third kappa shape index (κ3) is 2.26. The minimum Gasteiger partial charge on any atom is -0.316 e. The van der Waals surface area contributed by atoms with Gasteiger partial charge in [0.25, 0.3) is 0 Å². The number of benzene rings is 1. The van der Waals surface area contributed by atoms with Gasteiger partial charge in [0.15, 0.2) is 0 Å². The van der Waals surface area contributed by atoms with Crippen molar-refractivity contribution in [3.8, 4) is 0 Å². The first kappa shape index (κ1) is 9.10. The van der Waals surface area contributed by atoms with E-state index >= 15 is 0 Å². The first-order valence-electron chi connectivity index (χ1n) is 4.86. The summed E-state index contributed by atoms with van der Waals surface area (Å²) in [6.07, 6.45) is 2.60. The molecule has 1 aliphatic rings. The van der Waals surface area contributed by atoms with Crippen molar-refractivity contribution in [1.29, 1.82) is 0 Å². The van der Waals surface area contributed by atoms with Crippen LogP contribution in [0, 0.1) is 0 Å². The van der Waals surface area contributed by atoms with E-state index in [-0.39, 0.29) is 0 Å². The highest BCUT2D eigenvalue weighted by molar-refractivity contribution is 7.80. The standard InChI is InChI=1S/C11H15NS/c13-11-5-1-3-9(7-11)10-4-2-6-12-8-10/h1,3,5,7,10,12-13H,2,4,6,8H2. The Morgan fingerprint density at radius 3 is 3.00 bits per heavy atom. The van der Waals surface area contributed by atoms with Gasteiger partial charge in [-0.2, -0.15) is 0 Å². The van der Waals surface area contributed by atoms with Crippen molar-refractivity contribution in [2.24, 2.45) is 0 Å². The maximum absolute atomic E-state index is 4.35. The lowest BCUT2D eigenvalue weighted by molar-refractivity contribution is 0.461. The summed E-state index contributed by atoms with van der Waals surface area (Å²) in [5.74, 6) is 0.695. The van der Waals surface area contributed by atoms with Gasteiger partial charge in [-0.1, -0.05) is 12.1 Å². The van der Waals surface area contributed by atoms with E-state index in [4.69, 9.17) is 0 Å². The molecule has 0 aliphatic carbocycles. The smallest absolute Gasteiger partial charge is 0.00428 e. The molecule has 0 saturated carbocycles. The molecule has 0 radical (unpaired) electrons. The molecular formula is C11H15NS. The van der Waals surface area contributed by atoms with Gasteiger partial charge >= 0.3 is 0 Å². The Morgan fingerprint density at radius 1 is 1.38 bits per heavy atom. The predicted octanol–water partition coefficient (Wildman–Crippen LogP) is 2.44. The molecule has 1 saturated heterocycles. The van der Waals surface area contributed by atoms with E-state index in [9.17, 15) is 0 Å². The second-order valence-corrected chi connectivity index (χ2v) is 4.15. The van der Waals surface area contributed by atoms with E-state index in [2.05, 4.69) is 36.1 Å². The van der Waals surface area contributed by atoms with Crippen LogP contribution in [0.1, 0.15) is 24.3 Å². The number of hydrogen-bond acceptors (Lipinski definition) is 2. The maximum Gasteiger partial charge on any atom is 0.00428 e. The number of nitrogens with one attached hydrogen (secondary N) is 1. The van der Waals surface area contributed by atoms with Gasteiger partial charge in [-0.3, -0.25) is 0 Å². The van der Waals surface area contributed by atoms with Crippen LogP contribution in [-0.2, 0) is 0 Å². The molecule has 1 nitrogen and oxygen atoms in total. The molecule has 0 bridgehead atoms. The zero-order valence-corrected chi connectivity index (χ0v) is 8.56. The number of thiol groups is 1. The van der Waals surface area contributed by atoms with E-state index in [0.717, 1.165) is 11.4 Å². The van der Waals surface area contributed by atoms with Crippen molar-refractivity contribution in [3.63, 3.8) is 0 Å². The van der Waals surface area contributed by atoms with Crippen LogP contribution < -0.4 is 5.32 Å². The highest BCUT2D eigenvalue weighted by Crippen LogP contribution is 2.24. The monoisotopic (exact) mass is 193 g/mol. The Morgan fingerprint density at radius 2 is 2.31 bits per heavy atom. The van der Waals surface area contributed by atoms with Crippen molar-refractivity contribution >= 4 is 12.6 Å². The van der Waals surface area contributed by atoms with Gasteiger partial charge in [0.1, 0.15) is 0 Å². The summed E-state index contributed by atoms with van der Waals surface area (Å²) in [4.78, 5) is 1.07. The summed E-state index contributed by atoms with van der Waals surface area (Å²) < 4.78 is 0. The summed E-state index contributed by atoms with van der Waals surface area (Å²) in [5.41, 5.74) is 1.43. The highest BCUT2D eigenvalue weighted by Gasteiger charge is 2.14. The molecule has 0 spiro atoms. The molecule has 2 rings (SSSR count). The van der Waals surface area contributed by atoms with Crippen LogP contribution in [0.4, 0.5) is 0 Å². The number of hydrogen-bond donors (Lipinski definition) is 2. The van der Waals surface area contributed by atoms with Gasteiger partial charge in [-0.25, -0.2) is 0 Å². The second-order valence-electron chi connectivity index (χ2n) is 3.64. The summed E-state index contributed by atoms with van der Waals surface area (Å²) in [7, 11) is 0. The fourth-order valence-electron chi connectivity index (χ4n) is 1.92. The van der Waals surface area contributed by atoms with Crippen LogP contribution in [-0.4, -0.2) is 13.1 Å². The van der Waals surface area contributed by atoms with Crippen molar-refractivity contribution < 1.29 is 0 Å². The Kier molecular flexibility index (Phi) is 2.91. The molecule has 1 unspecified atom stereocenters. The SMILES string of the molecule is Sc1cccc(C2CCCNC2)c1. The van der Waals surface area contributed by atoms with Gasteiger partial charge in [0.2, 0.25) is 0 Å². The molecule has 1 atom stereocenters. The van der Waals surface area contributed by atoms with Crippen molar-refractivity contribution in [1.82, 2.24) is 5.32 Å². The summed E-state index contributed by atoms with van der Waals surface area (Å²) in [6.45, 7) is 2.30. The lowest BCUT2D eigenvalue weighted by Crippen LogP contribution is -2.28. The fraction of sp³-hybridized carbons (Fsp3) is 0.455. The first-order chi connectivity index (χ1) is 6.36. The van der Waals surface area contributed by atoms with Crippen LogP contribution in [0.2, 0.25) is 0 Å². The van der Waals surface area contributed by atoms with E-state index in [1.54, 1.807) is 0 Å². The Hall–Kier alpha value is -0.470. The van der Waals surface area contributed by atoms with Crippen molar-refractivity contribution in [3.05, 3.63) is 29.8 Å². The summed E-state index contributed by atoms with van der Waals surface area (Å²) >= 11 is 4.35. The summed E-state index contributed by atoms with van der Waals surface area (Å²) in [5, 5.41) is 3.43. The van der Waals surface area contributed by atoms with Gasteiger partial charge in [0, 0.05) is 11.4 Å². The molecule has 1 N–H and O–H groups in total. The van der Waals surface area contributed by atoms with E-state index in [1.165, 1.54) is 24.9 Å². The predicted molar refractivity (Wildman–Crippen MR) is 58.5 cm³/mol. The average Bonchev–Trinajstić information content (AvgIpc) is 2.19. The van der Waals surface area contributed by atoms with Crippen LogP contribution in [0.25, 0.3) is 0 Å². The zero-order valence-electron chi connectivity index (χ0n) is 7.66. The average molecular weight is 193 g/mol. The molecule has 2 heteroatoms. The molecule has 1 aromatic carbocycles. The molecule has 0 aromatic heterocycles. The lowest BCUT2D eigenvalue weighted by Gasteiger charge is -2.23. The molecule has 70 valence electrons. The highest BCUT2D eigenvalue weighted by atomic mass is 32.1. The van der Waals surface area contributed by atoms with Gasteiger partial charge in [-0.05, 0) is 43.0 Å². The topological polar surface area (TPSA) is 12.0 Å². The minimum atomic E-state index is 0.695. The fourth-order valence-corrected chi connectivity index (χ4v) is 2.15. The lowest BCUT2D eigenvalue weighted by atomic mass is 9.92. The molecule has 13 heavy (non-hydrogen) atoms. The van der Waals surface area contributed by atoms with Crippen LogP contribution in [0.15, 0.2) is 29.2 Å². The summed E-state index contributed by atoms with van der Waals surface area (Å²) in [6, 6.07) is 8.51. The molecule has 1 fully saturated rings. The Balaban J connectivity index is 2.14. The van der Waals surface area contributed by atoms with E-state index in [1.807, 2.05) is 6.07 Å². The second kappa shape index (κ2) is 4.16. The zero-order chi connectivity index (χ0) is 9.10. The van der Waals surface area contributed by atoms with Crippen LogP contribution in [0.5, 0.6) is 0 Å². The quantitative estimate of drug-likeness (QED) is 0.653. The molecule has 0 amide bonds. The van der Waals surface area contributed by atoms with Crippen LogP contribution in [0.3, 0.4) is 0 Å². The van der Waals surface area contributed by atoms with Gasteiger partial charge in [0.05, 0.1) is 0 Å². The molecular weight excluding hydrogens is 178 g/mol. The Labute approximate surface area is 85.0 Å². The van der Waals surface area contributed by atoms with Crippen LogP contribution >= 0.6 is 12.6 Å². The molecule has 1 aliphatic heterocycles. The van der Waals surface area contributed by atoms with Gasteiger partial charge in [-0.15, -0.1) is 12.6 Å². The number of piperidine rings is 1. The Bertz CT molecular complexity index is 279. The van der Waals surface area contributed by atoms with E-state index in [0.29, 0.717) is 5.92 Å². The number of rotatable bonds is 1. The van der Waals surface area contributed by atoms with Gasteiger partial charge < -0.3 is 5.32 Å². The minimum absolute atomic E-state index is 0.695. The normalized spacial score (nSPS) is 23.0. The van der Waals surface area contributed by atoms with E-state index < -0.39 is 0 Å². The molecule has 1 heterocycles. The molecule has 1 aromatic rings. The van der Waals surface area contributed by atoms with Crippen molar-refractivity contribution in [2.75, 3.05) is 13.1 Å². The third-order valence-electron chi connectivity index (χ3n) is 2.64.